The number of amides is 1. The van der Waals surface area contributed by atoms with Crippen LogP contribution in [0.2, 0.25) is 0 Å². The Morgan fingerprint density at radius 1 is 1.19 bits per heavy atom. The second kappa shape index (κ2) is 10.5. The molecular weight excluding hydrogens is 356 g/mol. The molecule has 1 fully saturated rings. The number of ether oxygens (including phenoxy) is 1. The first-order valence-electron chi connectivity index (χ1n) is 10.1. The van der Waals surface area contributed by atoms with Crippen molar-refractivity contribution in [1.82, 2.24) is 10.2 Å². The number of thiophene rings is 1. The van der Waals surface area contributed by atoms with Crippen molar-refractivity contribution in [3.63, 3.8) is 0 Å². The third kappa shape index (κ3) is 5.56. The molecule has 1 aromatic heterocycles. The van der Waals surface area contributed by atoms with Crippen LogP contribution < -0.4 is 10.1 Å². The number of unbranched alkanes of at least 4 members (excludes halogenated alkanes) is 1. The van der Waals surface area contributed by atoms with Gasteiger partial charge in [0.05, 0.1) is 18.2 Å². The van der Waals surface area contributed by atoms with Crippen molar-refractivity contribution < 1.29 is 9.53 Å². The molecule has 146 valence electrons. The lowest BCUT2D eigenvalue weighted by molar-refractivity contribution is 0.0921. The summed E-state index contributed by atoms with van der Waals surface area (Å²) in [6, 6.07) is 12.1. The highest BCUT2D eigenvalue weighted by Crippen LogP contribution is 2.28. The summed E-state index contributed by atoms with van der Waals surface area (Å²) in [5.41, 5.74) is 0.622. The molecule has 0 radical (unpaired) electrons. The zero-order valence-corrected chi connectivity index (χ0v) is 17.0. The van der Waals surface area contributed by atoms with Crippen molar-refractivity contribution in [3.05, 3.63) is 52.2 Å². The average molecular weight is 387 g/mol. The van der Waals surface area contributed by atoms with E-state index in [4.69, 9.17) is 4.74 Å². The molecule has 1 atom stereocenters. The van der Waals surface area contributed by atoms with Crippen molar-refractivity contribution in [1.29, 1.82) is 0 Å². The topological polar surface area (TPSA) is 41.6 Å². The normalized spacial score (nSPS) is 16.0. The molecule has 3 rings (SSSR count). The number of benzene rings is 1. The predicted octanol–water partition coefficient (Wildman–Crippen LogP) is 4.88. The molecule has 27 heavy (non-hydrogen) atoms. The molecular formula is C22H30N2O2S. The number of hydrogen-bond acceptors (Lipinski definition) is 4. The summed E-state index contributed by atoms with van der Waals surface area (Å²) < 4.78 is 5.82. The van der Waals surface area contributed by atoms with E-state index < -0.39 is 0 Å². The molecule has 1 aliphatic heterocycles. The highest BCUT2D eigenvalue weighted by molar-refractivity contribution is 7.10. The van der Waals surface area contributed by atoms with Crippen LogP contribution in [0.3, 0.4) is 0 Å². The lowest BCUT2D eigenvalue weighted by Crippen LogP contribution is -2.40. The minimum Gasteiger partial charge on any atom is -0.493 e. The molecule has 1 aromatic carbocycles. The number of carbonyl (C=O) groups is 1. The second-order valence-corrected chi connectivity index (χ2v) is 8.02. The molecule has 1 aliphatic rings. The van der Waals surface area contributed by atoms with Gasteiger partial charge in [0.25, 0.3) is 5.91 Å². The number of nitrogens with one attached hydrogen (secondary N) is 1. The molecule has 0 unspecified atom stereocenters. The van der Waals surface area contributed by atoms with Gasteiger partial charge < -0.3 is 10.1 Å². The van der Waals surface area contributed by atoms with Crippen molar-refractivity contribution in [2.24, 2.45) is 0 Å². The van der Waals surface area contributed by atoms with E-state index in [2.05, 4.69) is 34.7 Å². The van der Waals surface area contributed by atoms with E-state index in [1.807, 2.05) is 24.3 Å². The third-order valence-electron chi connectivity index (χ3n) is 5.05. The van der Waals surface area contributed by atoms with Crippen LogP contribution in [0, 0.1) is 0 Å². The Morgan fingerprint density at radius 3 is 2.74 bits per heavy atom. The minimum absolute atomic E-state index is 0.0549. The summed E-state index contributed by atoms with van der Waals surface area (Å²) in [6.45, 7) is 5.62. The number of piperidine rings is 1. The van der Waals surface area contributed by atoms with Crippen molar-refractivity contribution in [3.8, 4) is 5.75 Å². The van der Waals surface area contributed by atoms with Gasteiger partial charge in [-0.05, 0) is 55.9 Å². The fraction of sp³-hybridized carbons (Fsp3) is 0.500. The zero-order chi connectivity index (χ0) is 18.9. The van der Waals surface area contributed by atoms with E-state index >= 15 is 0 Å². The van der Waals surface area contributed by atoms with Gasteiger partial charge in [-0.2, -0.15) is 0 Å². The molecule has 1 saturated heterocycles. The van der Waals surface area contributed by atoms with Gasteiger partial charge in [0.2, 0.25) is 0 Å². The van der Waals surface area contributed by atoms with Crippen LogP contribution >= 0.6 is 11.3 Å². The molecule has 0 spiro atoms. The molecule has 1 amide bonds. The Bertz CT molecular complexity index is 696. The van der Waals surface area contributed by atoms with Crippen LogP contribution in [-0.2, 0) is 0 Å². The Kier molecular flexibility index (Phi) is 7.72. The lowest BCUT2D eigenvalue weighted by atomic mass is 10.1. The minimum atomic E-state index is -0.0549. The van der Waals surface area contributed by atoms with E-state index in [0.29, 0.717) is 24.5 Å². The maximum absolute atomic E-state index is 12.8. The van der Waals surface area contributed by atoms with Crippen molar-refractivity contribution >= 4 is 17.2 Å². The van der Waals surface area contributed by atoms with Gasteiger partial charge >= 0.3 is 0 Å². The predicted molar refractivity (Wildman–Crippen MR) is 112 cm³/mol. The highest BCUT2D eigenvalue weighted by atomic mass is 32.1. The highest BCUT2D eigenvalue weighted by Gasteiger charge is 2.24. The van der Waals surface area contributed by atoms with Gasteiger partial charge in [-0.1, -0.05) is 38.0 Å². The van der Waals surface area contributed by atoms with E-state index in [1.165, 1.54) is 24.1 Å². The van der Waals surface area contributed by atoms with E-state index in [1.54, 1.807) is 11.3 Å². The number of hydrogen-bond donors (Lipinski definition) is 1. The molecule has 2 heterocycles. The number of carbonyl (C=O) groups excluding carboxylic acids is 1. The summed E-state index contributed by atoms with van der Waals surface area (Å²) in [4.78, 5) is 16.7. The lowest BCUT2D eigenvalue weighted by Gasteiger charge is -2.34. The largest absolute Gasteiger partial charge is 0.493 e. The van der Waals surface area contributed by atoms with E-state index in [9.17, 15) is 4.79 Å². The first-order chi connectivity index (χ1) is 13.3. The number of likely N-dealkylation sites (tertiary alicyclic amines) is 1. The molecule has 1 N–H and O–H groups in total. The summed E-state index contributed by atoms with van der Waals surface area (Å²) in [5, 5.41) is 5.28. The molecule has 5 heteroatoms. The molecule has 0 aliphatic carbocycles. The fourth-order valence-corrected chi connectivity index (χ4v) is 4.37. The summed E-state index contributed by atoms with van der Waals surface area (Å²) in [7, 11) is 0. The maximum atomic E-state index is 12.8. The van der Waals surface area contributed by atoms with Crippen molar-refractivity contribution in [2.45, 2.75) is 45.1 Å². The first kappa shape index (κ1) is 19.9. The van der Waals surface area contributed by atoms with Gasteiger partial charge in [0, 0.05) is 11.4 Å². The van der Waals surface area contributed by atoms with Crippen molar-refractivity contribution in [2.75, 3.05) is 26.2 Å². The summed E-state index contributed by atoms with van der Waals surface area (Å²) >= 11 is 1.77. The number of rotatable bonds is 9. The SMILES string of the molecule is CCCCOc1ccccc1C(=O)NC[C@@H](c1cccs1)N1CCCCC1. The van der Waals surface area contributed by atoms with Crippen LogP contribution in [-0.4, -0.2) is 37.0 Å². The Balaban J connectivity index is 1.65. The average Bonchev–Trinajstić information content (AvgIpc) is 3.24. The number of para-hydroxylation sites is 1. The van der Waals surface area contributed by atoms with Crippen LogP contribution in [0.4, 0.5) is 0 Å². The van der Waals surface area contributed by atoms with Gasteiger partial charge in [-0.15, -0.1) is 11.3 Å². The molecule has 0 saturated carbocycles. The molecule has 4 nitrogen and oxygen atoms in total. The second-order valence-electron chi connectivity index (χ2n) is 7.04. The summed E-state index contributed by atoms with van der Waals surface area (Å²) in [5.74, 6) is 0.620. The quantitative estimate of drug-likeness (QED) is 0.624. The molecule has 2 aromatic rings. The van der Waals surface area contributed by atoms with E-state index in [0.717, 1.165) is 25.9 Å². The van der Waals surface area contributed by atoms with Gasteiger partial charge in [0.1, 0.15) is 5.75 Å². The van der Waals surface area contributed by atoms with Gasteiger partial charge in [0.15, 0.2) is 0 Å². The van der Waals surface area contributed by atoms with Crippen LogP contribution in [0.1, 0.15) is 60.3 Å². The fourth-order valence-electron chi connectivity index (χ4n) is 3.51. The monoisotopic (exact) mass is 386 g/mol. The maximum Gasteiger partial charge on any atom is 0.255 e. The standard InChI is InChI=1S/C22H30N2O2S/c1-2-3-15-26-20-11-6-5-10-18(20)22(25)23-17-19(21-12-9-16-27-21)24-13-7-4-8-14-24/h5-6,9-12,16,19H,2-4,7-8,13-15,17H2,1H3,(H,23,25)/t19-/m0/s1. The zero-order valence-electron chi connectivity index (χ0n) is 16.2. The van der Waals surface area contributed by atoms with E-state index in [-0.39, 0.29) is 11.9 Å². The third-order valence-corrected chi connectivity index (χ3v) is 6.02. The van der Waals surface area contributed by atoms with Gasteiger partial charge in [-0.3, -0.25) is 9.69 Å². The first-order valence-corrected chi connectivity index (χ1v) is 10.9. The van der Waals surface area contributed by atoms with Gasteiger partial charge in [-0.25, -0.2) is 0 Å². The number of nitrogens with zero attached hydrogens (tertiary/aromatic N) is 1. The van der Waals surface area contributed by atoms with Crippen LogP contribution in [0.25, 0.3) is 0 Å². The molecule has 0 bridgehead atoms. The Labute approximate surface area is 166 Å². The Morgan fingerprint density at radius 2 is 2.00 bits per heavy atom. The Hall–Kier alpha value is -1.85. The van der Waals surface area contributed by atoms with Crippen LogP contribution in [0.5, 0.6) is 5.75 Å². The smallest absolute Gasteiger partial charge is 0.255 e. The van der Waals surface area contributed by atoms with Crippen LogP contribution in [0.15, 0.2) is 41.8 Å². The summed E-state index contributed by atoms with van der Waals surface area (Å²) in [6.07, 6.45) is 5.86.